The number of carbonyl (C=O) groups excluding carboxylic acids is 1. The molecule has 0 bridgehead atoms. The van der Waals surface area contributed by atoms with Gasteiger partial charge in [0.05, 0.1) is 11.6 Å². The summed E-state index contributed by atoms with van der Waals surface area (Å²) < 4.78 is 6.37. The normalized spacial score (nSPS) is 16.0. The molecule has 2 aromatic rings. The van der Waals surface area contributed by atoms with Crippen molar-refractivity contribution in [2.45, 2.75) is 12.8 Å². The first-order valence-corrected chi connectivity index (χ1v) is 5.88. The molecule has 1 amide bonds. The summed E-state index contributed by atoms with van der Waals surface area (Å²) in [6.07, 6.45) is 1.20. The Morgan fingerprint density at radius 1 is 1.53 bits per heavy atom. The second kappa shape index (κ2) is 3.72. The summed E-state index contributed by atoms with van der Waals surface area (Å²) in [4.78, 5) is 23.3. The van der Waals surface area contributed by atoms with Crippen LogP contribution in [0.5, 0.6) is 0 Å². The Hall–Kier alpha value is -2.55. The van der Waals surface area contributed by atoms with E-state index in [2.05, 4.69) is 5.32 Å². The molecule has 6 heteroatoms. The van der Waals surface area contributed by atoms with Gasteiger partial charge >= 0.3 is 5.76 Å². The molecular formula is C13H11N3O3. The minimum Gasteiger partial charge on any atom is -0.408 e. The first kappa shape index (κ1) is 11.5. The van der Waals surface area contributed by atoms with Crippen LogP contribution in [-0.4, -0.2) is 10.5 Å². The molecule has 1 aliphatic carbocycles. The molecule has 0 aliphatic heterocycles. The average molecular weight is 257 g/mol. The predicted octanol–water partition coefficient (Wildman–Crippen LogP) is 1.37. The van der Waals surface area contributed by atoms with E-state index in [1.807, 2.05) is 6.07 Å². The van der Waals surface area contributed by atoms with Crippen LogP contribution in [0.4, 0.5) is 5.69 Å². The number of rotatable bonds is 2. The Bertz CT molecular complexity index is 775. The van der Waals surface area contributed by atoms with Crippen LogP contribution in [0.25, 0.3) is 11.1 Å². The Morgan fingerprint density at radius 2 is 2.26 bits per heavy atom. The summed E-state index contributed by atoms with van der Waals surface area (Å²) in [5, 5.41) is 11.7. The molecule has 1 aromatic heterocycles. The van der Waals surface area contributed by atoms with E-state index in [0.29, 0.717) is 29.6 Å². The summed E-state index contributed by atoms with van der Waals surface area (Å²) in [6.45, 7) is 0. The summed E-state index contributed by atoms with van der Waals surface area (Å²) in [6, 6.07) is 6.97. The van der Waals surface area contributed by atoms with Crippen molar-refractivity contribution in [1.82, 2.24) is 4.57 Å². The van der Waals surface area contributed by atoms with Gasteiger partial charge in [-0.05, 0) is 31.0 Å². The molecule has 19 heavy (non-hydrogen) atoms. The van der Waals surface area contributed by atoms with E-state index in [4.69, 9.17) is 9.68 Å². The third-order valence-electron chi connectivity index (χ3n) is 3.45. The van der Waals surface area contributed by atoms with Crippen molar-refractivity contribution >= 4 is 22.7 Å². The largest absolute Gasteiger partial charge is 0.419 e. The number of aryl methyl sites for hydroxylation is 1. The molecular weight excluding hydrogens is 246 g/mol. The highest BCUT2D eigenvalue weighted by Crippen LogP contribution is 2.45. The fourth-order valence-corrected chi connectivity index (χ4v) is 1.97. The smallest absolute Gasteiger partial charge is 0.408 e. The van der Waals surface area contributed by atoms with Gasteiger partial charge in [-0.15, -0.1) is 0 Å². The number of oxazole rings is 1. The molecule has 0 unspecified atom stereocenters. The summed E-state index contributed by atoms with van der Waals surface area (Å²) >= 11 is 0. The number of anilines is 1. The number of benzene rings is 1. The van der Waals surface area contributed by atoms with E-state index in [1.54, 1.807) is 25.2 Å². The van der Waals surface area contributed by atoms with Crippen molar-refractivity contribution < 1.29 is 9.21 Å². The van der Waals surface area contributed by atoms with Crippen molar-refractivity contribution in [1.29, 1.82) is 5.26 Å². The van der Waals surface area contributed by atoms with E-state index in [1.165, 1.54) is 4.57 Å². The van der Waals surface area contributed by atoms with Crippen LogP contribution in [0.15, 0.2) is 27.4 Å². The van der Waals surface area contributed by atoms with Crippen molar-refractivity contribution in [2.75, 3.05) is 5.32 Å². The molecule has 0 saturated heterocycles. The number of nitrogens with zero attached hydrogens (tertiary/aromatic N) is 2. The van der Waals surface area contributed by atoms with Crippen LogP contribution in [0, 0.1) is 16.7 Å². The quantitative estimate of drug-likeness (QED) is 0.880. The molecule has 1 aliphatic rings. The molecule has 6 nitrogen and oxygen atoms in total. The van der Waals surface area contributed by atoms with Crippen molar-refractivity contribution in [3.8, 4) is 6.07 Å². The molecule has 0 atom stereocenters. The number of nitrogens with one attached hydrogen (secondary N) is 1. The second-order valence-corrected chi connectivity index (χ2v) is 4.76. The van der Waals surface area contributed by atoms with Crippen LogP contribution in [0.1, 0.15) is 12.8 Å². The topological polar surface area (TPSA) is 88.0 Å². The van der Waals surface area contributed by atoms with Crippen molar-refractivity contribution in [2.24, 2.45) is 12.5 Å². The highest BCUT2D eigenvalue weighted by atomic mass is 16.4. The van der Waals surface area contributed by atoms with Crippen LogP contribution in [0.3, 0.4) is 0 Å². The zero-order valence-electron chi connectivity index (χ0n) is 10.3. The second-order valence-electron chi connectivity index (χ2n) is 4.76. The Labute approximate surface area is 108 Å². The highest BCUT2D eigenvalue weighted by Gasteiger charge is 2.50. The van der Waals surface area contributed by atoms with E-state index in [-0.39, 0.29) is 5.91 Å². The Balaban J connectivity index is 1.94. The van der Waals surface area contributed by atoms with Gasteiger partial charge in [0.25, 0.3) is 0 Å². The van der Waals surface area contributed by atoms with Gasteiger partial charge in [0, 0.05) is 12.7 Å². The standard InChI is InChI=1S/C13H11N3O3/c1-16-9-6-8(2-3-10(9)19-12(16)18)15-11(17)13(7-14)4-5-13/h2-3,6H,4-5H2,1H3,(H,15,17). The lowest BCUT2D eigenvalue weighted by Crippen LogP contribution is -2.22. The predicted molar refractivity (Wildman–Crippen MR) is 67.4 cm³/mol. The monoisotopic (exact) mass is 257 g/mol. The fraction of sp³-hybridized carbons (Fsp3) is 0.308. The molecule has 96 valence electrons. The number of aromatic nitrogens is 1. The number of nitriles is 1. The third kappa shape index (κ3) is 1.71. The van der Waals surface area contributed by atoms with Gasteiger partial charge in [-0.2, -0.15) is 5.26 Å². The molecule has 1 fully saturated rings. The number of amides is 1. The molecule has 1 heterocycles. The van der Waals surface area contributed by atoms with Gasteiger partial charge < -0.3 is 9.73 Å². The van der Waals surface area contributed by atoms with E-state index in [0.717, 1.165) is 0 Å². The molecule has 1 N–H and O–H groups in total. The number of carbonyl (C=O) groups is 1. The van der Waals surface area contributed by atoms with Crippen LogP contribution in [-0.2, 0) is 11.8 Å². The molecule has 3 rings (SSSR count). The minimum atomic E-state index is -0.864. The maximum Gasteiger partial charge on any atom is 0.419 e. The molecule has 0 radical (unpaired) electrons. The Kier molecular flexibility index (Phi) is 2.26. The van der Waals surface area contributed by atoms with E-state index in [9.17, 15) is 9.59 Å². The van der Waals surface area contributed by atoms with Gasteiger partial charge in [-0.1, -0.05) is 0 Å². The van der Waals surface area contributed by atoms with E-state index >= 15 is 0 Å². The van der Waals surface area contributed by atoms with Gasteiger partial charge in [0.1, 0.15) is 5.41 Å². The van der Waals surface area contributed by atoms with Gasteiger partial charge in [-0.3, -0.25) is 9.36 Å². The van der Waals surface area contributed by atoms with Crippen molar-refractivity contribution in [3.63, 3.8) is 0 Å². The third-order valence-corrected chi connectivity index (χ3v) is 3.45. The van der Waals surface area contributed by atoms with Gasteiger partial charge in [0.2, 0.25) is 5.91 Å². The SMILES string of the molecule is Cn1c(=O)oc2ccc(NC(=O)C3(C#N)CC3)cc21. The number of fused-ring (bicyclic) bond motifs is 1. The molecule has 1 aromatic carbocycles. The first-order valence-electron chi connectivity index (χ1n) is 5.88. The number of hydrogen-bond donors (Lipinski definition) is 1. The van der Waals surface area contributed by atoms with Gasteiger partial charge in [-0.25, -0.2) is 4.79 Å². The lowest BCUT2D eigenvalue weighted by molar-refractivity contribution is -0.119. The zero-order valence-corrected chi connectivity index (χ0v) is 10.3. The van der Waals surface area contributed by atoms with Crippen LogP contribution >= 0.6 is 0 Å². The lowest BCUT2D eigenvalue weighted by Gasteiger charge is -2.08. The molecule has 0 spiro atoms. The summed E-state index contributed by atoms with van der Waals surface area (Å²) in [5.74, 6) is -0.739. The summed E-state index contributed by atoms with van der Waals surface area (Å²) in [5.41, 5.74) is 0.754. The molecule has 1 saturated carbocycles. The first-order chi connectivity index (χ1) is 9.05. The van der Waals surface area contributed by atoms with Crippen molar-refractivity contribution in [3.05, 3.63) is 28.7 Å². The Morgan fingerprint density at radius 3 is 2.89 bits per heavy atom. The minimum absolute atomic E-state index is 0.289. The fourth-order valence-electron chi connectivity index (χ4n) is 1.97. The number of hydrogen-bond acceptors (Lipinski definition) is 4. The van der Waals surface area contributed by atoms with Crippen LogP contribution in [0.2, 0.25) is 0 Å². The summed E-state index contributed by atoms with van der Waals surface area (Å²) in [7, 11) is 1.59. The van der Waals surface area contributed by atoms with Gasteiger partial charge in [0.15, 0.2) is 5.58 Å². The van der Waals surface area contributed by atoms with Crippen LogP contribution < -0.4 is 11.1 Å². The zero-order chi connectivity index (χ0) is 13.6. The average Bonchev–Trinajstić information content (AvgIpc) is 3.15. The van der Waals surface area contributed by atoms with E-state index < -0.39 is 11.2 Å². The lowest BCUT2D eigenvalue weighted by atomic mass is 10.1. The highest BCUT2D eigenvalue weighted by molar-refractivity contribution is 6.00. The maximum absolute atomic E-state index is 11.9. The maximum atomic E-state index is 11.9.